The highest BCUT2D eigenvalue weighted by Crippen LogP contribution is 2.27. The molecule has 124 valence electrons. The molecule has 0 saturated carbocycles. The number of fused-ring (bicyclic) bond motifs is 1. The lowest BCUT2D eigenvalue weighted by Gasteiger charge is -2.33. The molecule has 2 aliphatic heterocycles. The van der Waals surface area contributed by atoms with Crippen molar-refractivity contribution in [1.82, 2.24) is 14.9 Å². The molecule has 1 aromatic carbocycles. The van der Waals surface area contributed by atoms with Crippen LogP contribution in [0.4, 0.5) is 0 Å². The Morgan fingerprint density at radius 3 is 3.08 bits per heavy atom. The van der Waals surface area contributed by atoms with Crippen molar-refractivity contribution in [3.8, 4) is 5.75 Å². The van der Waals surface area contributed by atoms with Crippen molar-refractivity contribution in [1.29, 1.82) is 0 Å². The number of aryl methyl sites for hydroxylation is 1. The third-order valence-electron chi connectivity index (χ3n) is 4.29. The summed E-state index contributed by atoms with van der Waals surface area (Å²) in [6, 6.07) is 7.74. The Hall–Kier alpha value is -2.60. The number of benzene rings is 1. The molecule has 0 radical (unpaired) electrons. The summed E-state index contributed by atoms with van der Waals surface area (Å²) in [6.45, 7) is 3.82. The van der Waals surface area contributed by atoms with Crippen molar-refractivity contribution in [3.63, 3.8) is 0 Å². The molecule has 1 N–H and O–H groups in total. The lowest BCUT2D eigenvalue weighted by molar-refractivity contribution is -0.135. The molecule has 2 aromatic rings. The predicted octanol–water partition coefficient (Wildman–Crippen LogP) is 2.09. The van der Waals surface area contributed by atoms with E-state index in [9.17, 15) is 4.79 Å². The average Bonchev–Trinajstić information content (AvgIpc) is 3.07. The molecule has 2 aliphatic rings. The zero-order valence-electron chi connectivity index (χ0n) is 13.5. The van der Waals surface area contributed by atoms with Gasteiger partial charge in [0.05, 0.1) is 18.7 Å². The number of nitrogens with one attached hydrogen (secondary N) is 1. The van der Waals surface area contributed by atoms with Gasteiger partial charge in [-0.2, -0.15) is 0 Å². The largest absolute Gasteiger partial charge is 0.488 e. The minimum absolute atomic E-state index is 0.00100. The van der Waals surface area contributed by atoms with Crippen molar-refractivity contribution < 1.29 is 14.3 Å². The number of ether oxygens (including phenoxy) is 2. The van der Waals surface area contributed by atoms with E-state index in [4.69, 9.17) is 9.47 Å². The second-order valence-electron chi connectivity index (χ2n) is 6.06. The molecule has 1 saturated heterocycles. The molecule has 24 heavy (non-hydrogen) atoms. The smallest absolute Gasteiger partial charge is 0.253 e. The number of imidazole rings is 1. The molecule has 0 bridgehead atoms. The molecule has 1 atom stereocenters. The van der Waals surface area contributed by atoms with Crippen LogP contribution in [0.5, 0.6) is 5.75 Å². The van der Waals surface area contributed by atoms with Gasteiger partial charge in [0, 0.05) is 24.0 Å². The van der Waals surface area contributed by atoms with E-state index in [1.165, 1.54) is 0 Å². The Kier molecular flexibility index (Phi) is 3.82. The summed E-state index contributed by atoms with van der Waals surface area (Å²) in [5, 5.41) is 0. The third kappa shape index (κ3) is 2.80. The van der Waals surface area contributed by atoms with Crippen LogP contribution < -0.4 is 4.74 Å². The number of H-pyrrole nitrogens is 1. The fourth-order valence-electron chi connectivity index (χ4n) is 3.04. The zero-order valence-corrected chi connectivity index (χ0v) is 13.5. The molecule has 1 amide bonds. The summed E-state index contributed by atoms with van der Waals surface area (Å²) in [5.41, 5.74) is 2.60. The van der Waals surface area contributed by atoms with Gasteiger partial charge in [0.25, 0.3) is 5.91 Å². The van der Waals surface area contributed by atoms with Crippen LogP contribution in [0.1, 0.15) is 23.2 Å². The van der Waals surface area contributed by atoms with E-state index in [0.717, 1.165) is 22.8 Å². The number of carbonyl (C=O) groups excluding carboxylic acids is 1. The summed E-state index contributed by atoms with van der Waals surface area (Å²) < 4.78 is 11.5. The lowest BCUT2D eigenvalue weighted by atomic mass is 10.1. The van der Waals surface area contributed by atoms with Crippen molar-refractivity contribution in [2.45, 2.75) is 13.0 Å². The van der Waals surface area contributed by atoms with E-state index in [-0.39, 0.29) is 12.0 Å². The highest BCUT2D eigenvalue weighted by molar-refractivity contribution is 5.99. The number of carbonyl (C=O) groups is 1. The monoisotopic (exact) mass is 325 g/mol. The van der Waals surface area contributed by atoms with Gasteiger partial charge in [0.1, 0.15) is 24.3 Å². The Morgan fingerprint density at radius 1 is 1.38 bits per heavy atom. The van der Waals surface area contributed by atoms with Gasteiger partial charge in [-0.15, -0.1) is 0 Å². The van der Waals surface area contributed by atoms with Crippen LogP contribution >= 0.6 is 0 Å². The van der Waals surface area contributed by atoms with Gasteiger partial charge in [-0.05, 0) is 19.1 Å². The number of aromatic amines is 1. The first-order valence-electron chi connectivity index (χ1n) is 8.05. The number of para-hydroxylation sites is 1. The normalized spacial score (nSPS) is 20.1. The van der Waals surface area contributed by atoms with Crippen LogP contribution in [0.2, 0.25) is 0 Å². The van der Waals surface area contributed by atoms with Crippen molar-refractivity contribution in [3.05, 3.63) is 53.1 Å². The number of aromatic nitrogens is 2. The van der Waals surface area contributed by atoms with Gasteiger partial charge in [-0.3, -0.25) is 4.79 Å². The Bertz CT molecular complexity index is 796. The average molecular weight is 325 g/mol. The highest BCUT2D eigenvalue weighted by Gasteiger charge is 2.29. The highest BCUT2D eigenvalue weighted by atomic mass is 16.5. The number of rotatable bonds is 2. The van der Waals surface area contributed by atoms with Gasteiger partial charge in [-0.1, -0.05) is 18.2 Å². The van der Waals surface area contributed by atoms with Gasteiger partial charge >= 0.3 is 0 Å². The summed E-state index contributed by atoms with van der Waals surface area (Å²) in [6.07, 6.45) is 3.48. The second-order valence-corrected chi connectivity index (χ2v) is 6.06. The first-order valence-corrected chi connectivity index (χ1v) is 8.05. The summed E-state index contributed by atoms with van der Waals surface area (Å²) in [5.74, 6) is 1.59. The van der Waals surface area contributed by atoms with E-state index in [2.05, 4.69) is 9.97 Å². The number of hydrogen-bond donors (Lipinski definition) is 1. The maximum absolute atomic E-state index is 12.8. The van der Waals surface area contributed by atoms with E-state index in [1.807, 2.05) is 42.2 Å². The molecule has 1 fully saturated rings. The standard InChI is InChI=1S/C18H19N3O3/c1-12-9-19-17(20-12)16-10-21(6-7-23-16)18(22)14-8-13-4-2-3-5-15(13)24-11-14/h2-5,8-9,16H,6-7,10-11H2,1H3,(H,19,20)/t16-/m1/s1. The lowest BCUT2D eigenvalue weighted by Crippen LogP contribution is -2.44. The molecule has 3 heterocycles. The third-order valence-corrected chi connectivity index (χ3v) is 4.29. The van der Waals surface area contributed by atoms with Crippen LogP contribution in [0.25, 0.3) is 6.08 Å². The van der Waals surface area contributed by atoms with Gasteiger partial charge in [0.2, 0.25) is 0 Å². The number of nitrogens with zero attached hydrogens (tertiary/aromatic N) is 2. The van der Waals surface area contributed by atoms with Crippen LogP contribution in [-0.2, 0) is 9.53 Å². The Morgan fingerprint density at radius 2 is 2.25 bits per heavy atom. The number of amides is 1. The molecule has 0 spiro atoms. The molecule has 0 aliphatic carbocycles. The Balaban J connectivity index is 1.51. The Labute approximate surface area is 140 Å². The molecular formula is C18H19N3O3. The SMILES string of the molecule is Cc1cnc([C@H]2CN(C(=O)C3=Cc4ccccc4OC3)CCO2)[nH]1. The minimum Gasteiger partial charge on any atom is -0.488 e. The quantitative estimate of drug-likeness (QED) is 0.918. The second kappa shape index (κ2) is 6.13. The molecule has 6 heteroatoms. The number of hydrogen-bond acceptors (Lipinski definition) is 4. The van der Waals surface area contributed by atoms with E-state index >= 15 is 0 Å². The molecule has 4 rings (SSSR count). The molecule has 6 nitrogen and oxygen atoms in total. The van der Waals surface area contributed by atoms with Crippen LogP contribution in [-0.4, -0.2) is 47.1 Å². The van der Waals surface area contributed by atoms with Crippen molar-refractivity contribution in [2.75, 3.05) is 26.3 Å². The van der Waals surface area contributed by atoms with Crippen molar-refractivity contribution in [2.24, 2.45) is 0 Å². The van der Waals surface area contributed by atoms with Gasteiger partial charge in [-0.25, -0.2) is 4.98 Å². The maximum atomic E-state index is 12.8. The van der Waals surface area contributed by atoms with Crippen LogP contribution in [0.3, 0.4) is 0 Å². The predicted molar refractivity (Wildman–Crippen MR) is 88.5 cm³/mol. The molecule has 0 unspecified atom stereocenters. The fourth-order valence-corrected chi connectivity index (χ4v) is 3.04. The van der Waals surface area contributed by atoms with Crippen molar-refractivity contribution >= 4 is 12.0 Å². The number of morpholine rings is 1. The topological polar surface area (TPSA) is 67.5 Å². The molecule has 1 aromatic heterocycles. The van der Waals surface area contributed by atoms with Gasteiger partial charge in [0.15, 0.2) is 0 Å². The van der Waals surface area contributed by atoms with E-state index in [0.29, 0.717) is 31.9 Å². The first kappa shape index (κ1) is 15.0. The molecular weight excluding hydrogens is 306 g/mol. The summed E-state index contributed by atoms with van der Waals surface area (Å²) in [7, 11) is 0. The first-order chi connectivity index (χ1) is 11.7. The van der Waals surface area contributed by atoms with E-state index in [1.54, 1.807) is 6.20 Å². The maximum Gasteiger partial charge on any atom is 0.253 e. The van der Waals surface area contributed by atoms with Crippen LogP contribution in [0.15, 0.2) is 36.0 Å². The minimum atomic E-state index is -0.214. The van der Waals surface area contributed by atoms with E-state index < -0.39 is 0 Å². The van der Waals surface area contributed by atoms with Crippen LogP contribution in [0, 0.1) is 6.92 Å². The zero-order chi connectivity index (χ0) is 16.5. The fraction of sp³-hybridized carbons (Fsp3) is 0.333. The summed E-state index contributed by atoms with van der Waals surface area (Å²) >= 11 is 0. The summed E-state index contributed by atoms with van der Waals surface area (Å²) in [4.78, 5) is 22.2. The van der Waals surface area contributed by atoms with Gasteiger partial charge < -0.3 is 19.4 Å².